The molecule has 0 aromatic carbocycles. The van der Waals surface area contributed by atoms with E-state index in [9.17, 15) is 4.39 Å². The summed E-state index contributed by atoms with van der Waals surface area (Å²) in [4.78, 5) is 0. The molecule has 0 amide bonds. The van der Waals surface area contributed by atoms with Gasteiger partial charge < -0.3 is 0 Å². The van der Waals surface area contributed by atoms with Gasteiger partial charge in [0.05, 0.1) is 0 Å². The van der Waals surface area contributed by atoms with Crippen molar-refractivity contribution in [3.05, 3.63) is 23.0 Å². The fourth-order valence-electron chi connectivity index (χ4n) is 1.43. The van der Waals surface area contributed by atoms with E-state index < -0.39 is 0 Å². The molecule has 0 radical (unpaired) electrons. The topological polar surface area (TPSA) is 0 Å². The number of hydrogen-bond acceptors (Lipinski definition) is 0. The van der Waals surface area contributed by atoms with Gasteiger partial charge in [-0.05, 0) is 37.3 Å². The second kappa shape index (κ2) is 2.80. The van der Waals surface area contributed by atoms with E-state index in [0.29, 0.717) is 11.8 Å². The maximum absolute atomic E-state index is 13.1. The van der Waals surface area contributed by atoms with E-state index in [4.69, 9.17) is 0 Å². The fourth-order valence-corrected chi connectivity index (χ4v) is 1.43. The molecular formula is C10H15F. The zero-order valence-corrected chi connectivity index (χ0v) is 7.61. The Balaban J connectivity index is 3.01. The van der Waals surface area contributed by atoms with Crippen LogP contribution >= 0.6 is 0 Å². The van der Waals surface area contributed by atoms with Crippen LogP contribution in [0.15, 0.2) is 23.0 Å². The Labute approximate surface area is 67.8 Å². The van der Waals surface area contributed by atoms with Gasteiger partial charge in [-0.1, -0.05) is 19.4 Å². The third kappa shape index (κ3) is 1.37. The van der Waals surface area contributed by atoms with E-state index >= 15 is 0 Å². The molecule has 1 heteroatoms. The monoisotopic (exact) mass is 154 g/mol. The summed E-state index contributed by atoms with van der Waals surface area (Å²) in [5, 5.41) is 0. The van der Waals surface area contributed by atoms with Crippen LogP contribution in [0.25, 0.3) is 0 Å². The summed E-state index contributed by atoms with van der Waals surface area (Å²) in [6.45, 7) is 8.09. The summed E-state index contributed by atoms with van der Waals surface area (Å²) in [5.41, 5.74) is 2.05. The first-order valence-electron chi connectivity index (χ1n) is 4.08. The van der Waals surface area contributed by atoms with Gasteiger partial charge in [-0.3, -0.25) is 0 Å². The Kier molecular flexibility index (Phi) is 2.17. The maximum Gasteiger partial charge on any atom is 0.122 e. The quantitative estimate of drug-likeness (QED) is 0.501. The van der Waals surface area contributed by atoms with E-state index in [1.807, 2.05) is 13.8 Å². The van der Waals surface area contributed by atoms with Crippen LogP contribution in [0.4, 0.5) is 4.39 Å². The minimum Gasteiger partial charge on any atom is -0.207 e. The summed E-state index contributed by atoms with van der Waals surface area (Å²) in [7, 11) is 0. The van der Waals surface area contributed by atoms with Crippen molar-refractivity contribution in [1.29, 1.82) is 0 Å². The van der Waals surface area contributed by atoms with Crippen molar-refractivity contribution < 1.29 is 4.39 Å². The van der Waals surface area contributed by atoms with Crippen molar-refractivity contribution in [2.75, 3.05) is 0 Å². The standard InChI is InChI=1S/C10H15F/c1-6-5-10(11)9(4)8(3)7(6)2/h5,7-8H,1-4H3. The van der Waals surface area contributed by atoms with Gasteiger partial charge in [0.2, 0.25) is 0 Å². The predicted octanol–water partition coefficient (Wildman–Crippen LogP) is 3.46. The number of rotatable bonds is 0. The molecule has 2 unspecified atom stereocenters. The van der Waals surface area contributed by atoms with Gasteiger partial charge in [-0.2, -0.15) is 0 Å². The van der Waals surface area contributed by atoms with Crippen molar-refractivity contribution in [3.8, 4) is 0 Å². The Morgan fingerprint density at radius 1 is 1.18 bits per heavy atom. The summed E-state index contributed by atoms with van der Waals surface area (Å²) < 4.78 is 13.1. The average molecular weight is 154 g/mol. The zero-order chi connectivity index (χ0) is 8.59. The highest BCUT2D eigenvalue weighted by Gasteiger charge is 2.22. The molecule has 0 nitrogen and oxygen atoms in total. The van der Waals surface area contributed by atoms with Crippen LogP contribution in [0.1, 0.15) is 27.7 Å². The van der Waals surface area contributed by atoms with Crippen LogP contribution < -0.4 is 0 Å². The van der Waals surface area contributed by atoms with Crippen molar-refractivity contribution in [3.63, 3.8) is 0 Å². The van der Waals surface area contributed by atoms with Gasteiger partial charge in [0.1, 0.15) is 5.83 Å². The molecular weight excluding hydrogens is 139 g/mol. The van der Waals surface area contributed by atoms with E-state index in [2.05, 4.69) is 13.8 Å². The molecule has 0 N–H and O–H groups in total. The molecule has 1 rings (SSSR count). The minimum atomic E-state index is -0.0342. The Morgan fingerprint density at radius 3 is 2.27 bits per heavy atom. The van der Waals surface area contributed by atoms with E-state index in [1.165, 1.54) is 0 Å². The molecule has 0 saturated carbocycles. The maximum atomic E-state index is 13.1. The fraction of sp³-hybridized carbons (Fsp3) is 0.600. The molecule has 1 aliphatic carbocycles. The van der Waals surface area contributed by atoms with Crippen LogP contribution in [0.2, 0.25) is 0 Å². The lowest BCUT2D eigenvalue weighted by Gasteiger charge is -2.25. The summed E-state index contributed by atoms with van der Waals surface area (Å²) in [5.74, 6) is 0.822. The van der Waals surface area contributed by atoms with Crippen LogP contribution in [-0.2, 0) is 0 Å². The van der Waals surface area contributed by atoms with Crippen LogP contribution in [-0.4, -0.2) is 0 Å². The van der Waals surface area contributed by atoms with E-state index in [1.54, 1.807) is 6.08 Å². The SMILES string of the molecule is CC1=CC(F)=C(C)C(C)C1C. The molecule has 11 heavy (non-hydrogen) atoms. The molecule has 0 heterocycles. The molecule has 2 atom stereocenters. The van der Waals surface area contributed by atoms with Crippen LogP contribution in [0, 0.1) is 11.8 Å². The minimum absolute atomic E-state index is 0.0342. The highest BCUT2D eigenvalue weighted by Crippen LogP contribution is 2.33. The first-order valence-corrected chi connectivity index (χ1v) is 4.08. The average Bonchev–Trinajstić information content (AvgIpc) is 1.97. The highest BCUT2D eigenvalue weighted by molar-refractivity contribution is 5.30. The van der Waals surface area contributed by atoms with Crippen molar-refractivity contribution >= 4 is 0 Å². The summed E-state index contributed by atoms with van der Waals surface area (Å²) >= 11 is 0. The Morgan fingerprint density at radius 2 is 1.73 bits per heavy atom. The van der Waals surface area contributed by atoms with E-state index in [-0.39, 0.29) is 5.83 Å². The number of hydrogen-bond donors (Lipinski definition) is 0. The zero-order valence-electron chi connectivity index (χ0n) is 7.61. The van der Waals surface area contributed by atoms with Gasteiger partial charge in [0.15, 0.2) is 0 Å². The lowest BCUT2D eigenvalue weighted by molar-refractivity contribution is 0.466. The van der Waals surface area contributed by atoms with Crippen molar-refractivity contribution in [2.45, 2.75) is 27.7 Å². The first-order chi connectivity index (χ1) is 5.04. The van der Waals surface area contributed by atoms with E-state index in [0.717, 1.165) is 11.1 Å². The van der Waals surface area contributed by atoms with Gasteiger partial charge in [0, 0.05) is 0 Å². The molecule has 0 spiro atoms. The van der Waals surface area contributed by atoms with Gasteiger partial charge in [-0.15, -0.1) is 0 Å². The second-order valence-corrected chi connectivity index (χ2v) is 3.50. The molecule has 0 saturated heterocycles. The van der Waals surface area contributed by atoms with Crippen molar-refractivity contribution in [1.82, 2.24) is 0 Å². The highest BCUT2D eigenvalue weighted by atomic mass is 19.1. The lowest BCUT2D eigenvalue weighted by atomic mass is 9.80. The normalized spacial score (nSPS) is 32.3. The molecule has 0 bridgehead atoms. The second-order valence-electron chi connectivity index (χ2n) is 3.50. The van der Waals surface area contributed by atoms with Gasteiger partial charge in [-0.25, -0.2) is 4.39 Å². The molecule has 1 aliphatic rings. The first kappa shape index (κ1) is 8.51. The Hall–Kier alpha value is -0.590. The smallest absolute Gasteiger partial charge is 0.122 e. The number of allylic oxidation sites excluding steroid dienone is 4. The van der Waals surface area contributed by atoms with Crippen LogP contribution in [0.3, 0.4) is 0 Å². The molecule has 0 aromatic rings. The van der Waals surface area contributed by atoms with Crippen LogP contribution in [0.5, 0.6) is 0 Å². The molecule has 62 valence electrons. The van der Waals surface area contributed by atoms with Gasteiger partial charge >= 0.3 is 0 Å². The third-order valence-corrected chi connectivity index (χ3v) is 2.88. The van der Waals surface area contributed by atoms with Crippen molar-refractivity contribution in [2.24, 2.45) is 11.8 Å². The largest absolute Gasteiger partial charge is 0.207 e. The number of halogens is 1. The summed E-state index contributed by atoms with van der Waals surface area (Å²) in [6.07, 6.45) is 1.65. The molecule has 0 aliphatic heterocycles. The lowest BCUT2D eigenvalue weighted by Crippen LogP contribution is -2.15. The molecule has 0 fully saturated rings. The Bertz CT molecular complexity index is 223. The third-order valence-electron chi connectivity index (χ3n) is 2.88. The predicted molar refractivity (Wildman–Crippen MR) is 45.9 cm³/mol. The molecule has 0 aromatic heterocycles. The summed E-state index contributed by atoms with van der Waals surface area (Å²) in [6, 6.07) is 0. The van der Waals surface area contributed by atoms with Gasteiger partial charge in [0.25, 0.3) is 0 Å².